The zero-order chi connectivity index (χ0) is 34.1. The van der Waals surface area contributed by atoms with Crippen molar-refractivity contribution in [3.05, 3.63) is 35.9 Å². The Labute approximate surface area is 274 Å². The van der Waals surface area contributed by atoms with E-state index in [4.69, 9.17) is 12.8 Å². The Balaban J connectivity index is 2.26. The number of carbonyl (C=O) groups is 2. The van der Waals surface area contributed by atoms with E-state index in [-0.39, 0.29) is 44.7 Å². The van der Waals surface area contributed by atoms with Crippen molar-refractivity contribution in [1.82, 2.24) is 19.8 Å². The van der Waals surface area contributed by atoms with Crippen LogP contribution in [-0.4, -0.2) is 104 Å². The lowest BCUT2D eigenvalue weighted by molar-refractivity contribution is -0.132. The predicted octanol–water partition coefficient (Wildman–Crippen LogP) is 2.06. The van der Waals surface area contributed by atoms with Gasteiger partial charge in [-0.1, -0.05) is 62.4 Å². The third-order valence-electron chi connectivity index (χ3n) is 8.57. The van der Waals surface area contributed by atoms with Crippen LogP contribution in [-0.2, 0) is 26.0 Å². The third-order valence-corrected chi connectivity index (χ3v) is 10.5. The van der Waals surface area contributed by atoms with Gasteiger partial charge in [-0.15, -0.1) is 24.7 Å². The van der Waals surface area contributed by atoms with Gasteiger partial charge in [0.15, 0.2) is 0 Å². The highest BCUT2D eigenvalue weighted by Gasteiger charge is 2.34. The molecule has 0 radical (unpaired) electrons. The number of rotatable bonds is 20. The lowest BCUT2D eigenvalue weighted by Gasteiger charge is -2.33. The second kappa shape index (κ2) is 20.3. The Kier molecular flexibility index (Phi) is 17.3. The molecule has 1 fully saturated rings. The molecule has 1 saturated carbocycles. The van der Waals surface area contributed by atoms with Crippen LogP contribution >= 0.6 is 0 Å². The highest BCUT2D eigenvalue weighted by molar-refractivity contribution is 7.89. The maximum atomic E-state index is 13.7. The number of benzene rings is 1. The number of amides is 2. The lowest BCUT2D eigenvalue weighted by Crippen LogP contribution is -2.56. The van der Waals surface area contributed by atoms with E-state index in [1.54, 1.807) is 30.3 Å². The number of hydrogen-bond donors (Lipinski definition) is 4. The van der Waals surface area contributed by atoms with Gasteiger partial charge < -0.3 is 20.8 Å². The summed E-state index contributed by atoms with van der Waals surface area (Å²) in [5, 5.41) is 27.2. The number of hydrogen-bond acceptors (Lipinski definition) is 7. The third kappa shape index (κ3) is 13.4. The van der Waals surface area contributed by atoms with Crippen LogP contribution in [0, 0.1) is 36.5 Å². The average molecular weight is 663 g/mol. The smallest absolute Gasteiger partial charge is 0.243 e. The van der Waals surface area contributed by atoms with E-state index in [1.807, 2.05) is 0 Å². The molecule has 0 saturated heterocycles. The lowest BCUT2D eigenvalue weighted by atomic mass is 9.82. The summed E-state index contributed by atoms with van der Waals surface area (Å²) in [5.41, 5.74) is 0.729. The van der Waals surface area contributed by atoms with Gasteiger partial charge in [-0.05, 0) is 37.8 Å². The molecule has 10 nitrogen and oxygen atoms in total. The zero-order valence-corrected chi connectivity index (χ0v) is 27.9. The Morgan fingerprint density at radius 2 is 1.70 bits per heavy atom. The zero-order valence-electron chi connectivity index (χ0n) is 27.1. The summed E-state index contributed by atoms with van der Waals surface area (Å²) in [6.07, 6.45) is 14.3. The maximum absolute atomic E-state index is 13.7. The molecule has 1 aromatic carbocycles. The highest BCUT2D eigenvalue weighted by atomic mass is 32.2. The molecule has 1 aliphatic rings. The minimum absolute atomic E-state index is 0.0302. The summed E-state index contributed by atoms with van der Waals surface area (Å²) in [7, 11) is -1.05. The van der Waals surface area contributed by atoms with E-state index in [9.17, 15) is 32.6 Å². The van der Waals surface area contributed by atoms with Crippen molar-refractivity contribution in [3.63, 3.8) is 0 Å². The van der Waals surface area contributed by atoms with Crippen LogP contribution in [0.2, 0.25) is 0 Å². The number of aliphatic hydroxyl groups excluding tert-OH is 2. The molecule has 12 heteroatoms. The minimum Gasteiger partial charge on any atom is -0.390 e. The Bertz CT molecular complexity index is 1260. The van der Waals surface area contributed by atoms with Crippen molar-refractivity contribution in [2.75, 3.05) is 39.7 Å². The van der Waals surface area contributed by atoms with Gasteiger partial charge in [-0.3, -0.25) is 14.5 Å². The van der Waals surface area contributed by atoms with Gasteiger partial charge in [-0.2, -0.15) is 0 Å². The maximum Gasteiger partial charge on any atom is 0.243 e. The number of carbonyl (C=O) groups excluding carboxylic acids is 2. The first-order valence-corrected chi connectivity index (χ1v) is 17.6. The van der Waals surface area contributed by atoms with Gasteiger partial charge in [0.2, 0.25) is 21.8 Å². The van der Waals surface area contributed by atoms with Crippen LogP contribution in [0.3, 0.4) is 0 Å². The number of nitrogens with one attached hydrogen (secondary N) is 2. The topological polar surface area (TPSA) is 139 Å². The molecule has 1 aliphatic carbocycles. The Morgan fingerprint density at radius 3 is 2.30 bits per heavy atom. The van der Waals surface area contributed by atoms with Gasteiger partial charge >= 0.3 is 0 Å². The first-order valence-electron chi connectivity index (χ1n) is 16.0. The van der Waals surface area contributed by atoms with Crippen molar-refractivity contribution in [1.29, 1.82) is 0 Å². The standard InChI is InChI=1S/C34H51FN4O6S/c1-5-7-19-31(40)32(41)30(23-27-17-12-9-13-18-27)37-34(43)29(14-6-2)36-33(42)28(22-26-15-10-8-11-16-26)24-46(44,45)39(4)21-20-38(3)25-35/h1-2,8,10-11,15-16,27-32,40-41H,7,9,12-14,17-25H2,3-4H3,(H,36,42)(H,37,43)/t28?,29-,30?,31?,32?/m0/s1. The second-order valence-corrected chi connectivity index (χ2v) is 14.4. The van der Waals surface area contributed by atoms with Crippen LogP contribution in [0.15, 0.2) is 30.3 Å². The molecule has 2 amide bonds. The molecule has 46 heavy (non-hydrogen) atoms. The molecule has 5 atom stereocenters. The van der Waals surface area contributed by atoms with Crippen molar-refractivity contribution in [2.45, 2.75) is 88.5 Å². The van der Waals surface area contributed by atoms with Gasteiger partial charge in [-0.25, -0.2) is 17.1 Å². The number of likely N-dealkylation sites (N-methyl/N-ethyl adjacent to an activating group) is 2. The molecule has 256 valence electrons. The van der Waals surface area contributed by atoms with E-state index < -0.39 is 64.6 Å². The van der Waals surface area contributed by atoms with Gasteiger partial charge in [0.25, 0.3) is 0 Å². The number of alkyl halides is 1. The molecule has 0 aromatic heterocycles. The van der Waals surface area contributed by atoms with Gasteiger partial charge in [0.1, 0.15) is 18.9 Å². The molecule has 4 unspecified atom stereocenters. The Hall–Kier alpha value is -3.00. The monoisotopic (exact) mass is 662 g/mol. The van der Waals surface area contributed by atoms with Crippen molar-refractivity contribution in [2.24, 2.45) is 11.8 Å². The van der Waals surface area contributed by atoms with Crippen molar-refractivity contribution < 1.29 is 32.6 Å². The first-order chi connectivity index (χ1) is 21.9. The minimum atomic E-state index is -3.95. The summed E-state index contributed by atoms with van der Waals surface area (Å²) < 4.78 is 40.6. The fourth-order valence-corrected chi connectivity index (χ4v) is 7.05. The molecular formula is C34H51FN4O6S. The number of aliphatic hydroxyl groups is 2. The normalized spacial score (nSPS) is 17.3. The number of terminal acetylenes is 2. The van der Waals surface area contributed by atoms with Crippen molar-refractivity contribution in [3.8, 4) is 24.7 Å². The van der Waals surface area contributed by atoms with Gasteiger partial charge in [0.05, 0.1) is 23.8 Å². The summed E-state index contributed by atoms with van der Waals surface area (Å²) in [6.45, 7) is -0.534. The largest absolute Gasteiger partial charge is 0.390 e. The second-order valence-electron chi connectivity index (χ2n) is 12.3. The number of sulfonamides is 1. The van der Waals surface area contributed by atoms with Crippen LogP contribution in [0.1, 0.15) is 63.4 Å². The molecule has 0 heterocycles. The summed E-state index contributed by atoms with van der Waals surface area (Å²) in [4.78, 5) is 28.6. The summed E-state index contributed by atoms with van der Waals surface area (Å²) in [5.74, 6) is 2.17. The molecule has 1 aromatic rings. The van der Waals surface area contributed by atoms with E-state index in [2.05, 4.69) is 22.5 Å². The number of halogens is 1. The van der Waals surface area contributed by atoms with Crippen LogP contribution < -0.4 is 10.6 Å². The molecular weight excluding hydrogens is 611 g/mol. The Morgan fingerprint density at radius 1 is 1.02 bits per heavy atom. The summed E-state index contributed by atoms with van der Waals surface area (Å²) >= 11 is 0. The predicted molar refractivity (Wildman–Crippen MR) is 177 cm³/mol. The highest BCUT2D eigenvalue weighted by Crippen LogP contribution is 2.29. The molecule has 2 rings (SSSR count). The van der Waals surface area contributed by atoms with Crippen LogP contribution in [0.5, 0.6) is 0 Å². The summed E-state index contributed by atoms with van der Waals surface area (Å²) in [6, 6.07) is 6.90. The fraction of sp³-hybridized carbons (Fsp3) is 0.647. The molecule has 0 spiro atoms. The molecule has 4 N–H and O–H groups in total. The first kappa shape index (κ1) is 39.2. The van der Waals surface area contributed by atoms with Crippen LogP contribution in [0.25, 0.3) is 0 Å². The SMILES string of the molecule is C#CCCC(O)C(O)C(CC1CCCCC1)NC(=O)[C@H](CC#C)NC(=O)C(Cc1ccccc1)CS(=O)(=O)N(C)CCN(C)CF. The van der Waals surface area contributed by atoms with Crippen molar-refractivity contribution >= 4 is 21.8 Å². The van der Waals surface area contributed by atoms with E-state index in [1.165, 1.54) is 19.0 Å². The average Bonchev–Trinajstić information content (AvgIpc) is 3.05. The van der Waals surface area contributed by atoms with E-state index in [0.717, 1.165) is 42.0 Å². The number of nitrogens with zero attached hydrogens (tertiary/aromatic N) is 2. The van der Waals surface area contributed by atoms with Crippen LogP contribution in [0.4, 0.5) is 4.39 Å². The fourth-order valence-electron chi connectivity index (χ4n) is 5.65. The molecule has 0 bridgehead atoms. The van der Waals surface area contributed by atoms with E-state index >= 15 is 0 Å². The van der Waals surface area contributed by atoms with Gasteiger partial charge in [0, 0.05) is 33.0 Å². The van der Waals surface area contributed by atoms with E-state index in [0.29, 0.717) is 6.42 Å². The quantitative estimate of drug-likeness (QED) is 0.124. The molecule has 0 aliphatic heterocycles.